The van der Waals surface area contributed by atoms with Gasteiger partial charge in [-0.1, -0.05) is 112 Å². The number of hydrogen-bond donors (Lipinski definition) is 2. The third-order valence-corrected chi connectivity index (χ3v) is 7.55. The van der Waals surface area contributed by atoms with Gasteiger partial charge < -0.3 is 10.2 Å². The molecule has 2 nitrogen and oxygen atoms in total. The lowest BCUT2D eigenvalue weighted by Crippen LogP contribution is -2.16. The van der Waals surface area contributed by atoms with Crippen molar-refractivity contribution in [1.82, 2.24) is 0 Å². The van der Waals surface area contributed by atoms with E-state index < -0.39 is 0 Å². The van der Waals surface area contributed by atoms with Crippen LogP contribution in [0.3, 0.4) is 0 Å². The second kappa shape index (κ2) is 13.0. The number of phenols is 2. The van der Waals surface area contributed by atoms with Crippen LogP contribution < -0.4 is 0 Å². The van der Waals surface area contributed by atoms with E-state index in [1.54, 1.807) is 0 Å². The van der Waals surface area contributed by atoms with E-state index in [1.807, 2.05) is 12.1 Å². The zero-order valence-electron chi connectivity index (χ0n) is 24.7. The van der Waals surface area contributed by atoms with Crippen LogP contribution in [0.5, 0.6) is 11.5 Å². The van der Waals surface area contributed by atoms with Crippen LogP contribution in [0, 0.1) is 20.3 Å². The van der Waals surface area contributed by atoms with E-state index in [9.17, 15) is 10.2 Å². The highest BCUT2D eigenvalue weighted by molar-refractivity contribution is 5.52. The molecule has 2 aromatic rings. The van der Waals surface area contributed by atoms with Crippen molar-refractivity contribution >= 4 is 0 Å². The number of aromatic hydroxyl groups is 2. The zero-order valence-corrected chi connectivity index (χ0v) is 24.7. The summed E-state index contributed by atoms with van der Waals surface area (Å²) in [6.07, 6.45) is 13.9. The molecule has 201 valence electrons. The van der Waals surface area contributed by atoms with Crippen LogP contribution in [-0.2, 0) is 10.8 Å². The van der Waals surface area contributed by atoms with Gasteiger partial charge in [0.2, 0.25) is 0 Å². The summed E-state index contributed by atoms with van der Waals surface area (Å²) >= 11 is 0. The normalized spacial score (nSPS) is 12.5. The lowest BCUT2D eigenvalue weighted by atomic mass is 9.76. The lowest BCUT2D eigenvalue weighted by molar-refractivity contribution is 0.445. The first-order chi connectivity index (χ1) is 16.8. The highest BCUT2D eigenvalue weighted by Gasteiger charge is 2.27. The predicted molar refractivity (Wildman–Crippen MR) is 156 cm³/mol. The minimum Gasteiger partial charge on any atom is -0.508 e. The number of unbranched alkanes of at least 4 members (excludes halogenated alkanes) is 8. The highest BCUT2D eigenvalue weighted by Crippen LogP contribution is 2.42. The van der Waals surface area contributed by atoms with Crippen molar-refractivity contribution in [1.29, 1.82) is 0 Å². The summed E-state index contributed by atoms with van der Waals surface area (Å²) < 4.78 is 0. The molecule has 2 rings (SSSR count). The standard InChI is InChI=1S/C34H53O2/c1-10-11-12-13-14-15-16-17-18-19-26(27-22-29(33(4,5)6)31(35)20-24(27)2)28-23-30(34(7,8)9)32(36)21-25(28)3/h18,20-23,26,35-36H,10-17,19H2,1-9H3. The van der Waals surface area contributed by atoms with Gasteiger partial charge in [-0.25, -0.2) is 0 Å². The van der Waals surface area contributed by atoms with Gasteiger partial charge in [-0.15, -0.1) is 0 Å². The SMILES string of the molecule is CCCCCCCCC[CH]CC(c1cc(C(C)(C)C)c(O)cc1C)c1cc(C(C)(C)C)c(O)cc1C. The van der Waals surface area contributed by atoms with Crippen molar-refractivity contribution in [3.05, 3.63) is 64.1 Å². The molecular formula is C34H53O2. The molecule has 0 aliphatic rings. The Bertz CT molecular complexity index is 903. The fourth-order valence-electron chi connectivity index (χ4n) is 5.32. The molecule has 0 aromatic heterocycles. The van der Waals surface area contributed by atoms with Crippen LogP contribution in [0.15, 0.2) is 24.3 Å². The van der Waals surface area contributed by atoms with Gasteiger partial charge in [-0.05, 0) is 83.0 Å². The van der Waals surface area contributed by atoms with Crippen LogP contribution in [-0.4, -0.2) is 10.2 Å². The van der Waals surface area contributed by atoms with Crippen molar-refractivity contribution in [2.24, 2.45) is 0 Å². The molecule has 36 heavy (non-hydrogen) atoms. The van der Waals surface area contributed by atoms with Crippen LogP contribution in [0.25, 0.3) is 0 Å². The van der Waals surface area contributed by atoms with Crippen LogP contribution >= 0.6 is 0 Å². The molecule has 2 N–H and O–H groups in total. The molecule has 0 atom stereocenters. The maximum Gasteiger partial charge on any atom is 0.119 e. The number of phenolic OH excluding ortho intramolecular Hbond substituents is 2. The van der Waals surface area contributed by atoms with Crippen molar-refractivity contribution in [2.45, 2.75) is 137 Å². The van der Waals surface area contributed by atoms with Gasteiger partial charge in [0.1, 0.15) is 11.5 Å². The Labute approximate surface area is 222 Å². The zero-order chi connectivity index (χ0) is 27.1. The molecule has 2 heteroatoms. The summed E-state index contributed by atoms with van der Waals surface area (Å²) in [6.45, 7) is 19.5. The van der Waals surface area contributed by atoms with Gasteiger partial charge in [0.15, 0.2) is 0 Å². The van der Waals surface area contributed by atoms with Gasteiger partial charge in [-0.3, -0.25) is 0 Å². The molecule has 2 aromatic carbocycles. The van der Waals surface area contributed by atoms with Gasteiger partial charge in [0, 0.05) is 5.92 Å². The first kappa shape index (κ1) is 30.3. The third kappa shape index (κ3) is 8.29. The smallest absolute Gasteiger partial charge is 0.119 e. The Morgan fingerprint density at radius 3 is 1.50 bits per heavy atom. The number of aryl methyl sites for hydroxylation is 2. The van der Waals surface area contributed by atoms with E-state index in [2.05, 4.69) is 80.9 Å². The van der Waals surface area contributed by atoms with Crippen molar-refractivity contribution < 1.29 is 10.2 Å². The Morgan fingerprint density at radius 1 is 0.667 bits per heavy atom. The van der Waals surface area contributed by atoms with Crippen molar-refractivity contribution in [2.75, 3.05) is 0 Å². The second-order valence-corrected chi connectivity index (χ2v) is 12.9. The van der Waals surface area contributed by atoms with Crippen LogP contribution in [0.4, 0.5) is 0 Å². The maximum absolute atomic E-state index is 10.8. The van der Waals surface area contributed by atoms with E-state index in [0.29, 0.717) is 11.5 Å². The molecule has 0 heterocycles. The third-order valence-electron chi connectivity index (χ3n) is 7.55. The molecule has 0 unspecified atom stereocenters. The molecule has 0 spiro atoms. The molecule has 0 aliphatic carbocycles. The molecule has 1 radical (unpaired) electrons. The maximum atomic E-state index is 10.8. The molecule has 0 fully saturated rings. The Balaban J connectivity index is 2.38. The van der Waals surface area contributed by atoms with E-state index in [-0.39, 0.29) is 16.7 Å². The Hall–Kier alpha value is -1.96. The van der Waals surface area contributed by atoms with Crippen molar-refractivity contribution in [3.63, 3.8) is 0 Å². The van der Waals surface area contributed by atoms with Gasteiger partial charge in [0.05, 0.1) is 0 Å². The first-order valence-corrected chi connectivity index (χ1v) is 14.3. The minimum absolute atomic E-state index is 0.140. The summed E-state index contributed by atoms with van der Waals surface area (Å²) in [5.41, 5.74) is 6.52. The topological polar surface area (TPSA) is 40.5 Å². The Morgan fingerprint density at radius 2 is 1.08 bits per heavy atom. The molecule has 0 aliphatic heterocycles. The van der Waals surface area contributed by atoms with Crippen LogP contribution in [0.1, 0.15) is 146 Å². The number of benzene rings is 2. The van der Waals surface area contributed by atoms with E-state index in [0.717, 1.165) is 35.1 Å². The molecule has 0 saturated heterocycles. The summed E-state index contributed by atoms with van der Waals surface area (Å²) in [6, 6.07) is 8.36. The van der Waals surface area contributed by atoms with Crippen LogP contribution in [0.2, 0.25) is 0 Å². The largest absolute Gasteiger partial charge is 0.508 e. The molecular weight excluding hydrogens is 440 g/mol. The quantitative estimate of drug-likeness (QED) is 0.289. The van der Waals surface area contributed by atoms with Crippen molar-refractivity contribution in [3.8, 4) is 11.5 Å². The lowest BCUT2D eigenvalue weighted by Gasteiger charge is -2.29. The monoisotopic (exact) mass is 493 g/mol. The number of rotatable bonds is 12. The predicted octanol–water partition coefficient (Wildman–Crippen LogP) is 10.2. The summed E-state index contributed by atoms with van der Waals surface area (Å²) in [5, 5.41) is 21.5. The fourth-order valence-corrected chi connectivity index (χ4v) is 5.32. The number of hydrogen-bond acceptors (Lipinski definition) is 2. The van der Waals surface area contributed by atoms with E-state index in [1.165, 1.54) is 56.1 Å². The highest BCUT2D eigenvalue weighted by atomic mass is 16.3. The van der Waals surface area contributed by atoms with Gasteiger partial charge >= 0.3 is 0 Å². The van der Waals surface area contributed by atoms with E-state index >= 15 is 0 Å². The molecule has 0 amide bonds. The molecule has 0 saturated carbocycles. The summed E-state index contributed by atoms with van der Waals surface area (Å²) in [7, 11) is 0. The summed E-state index contributed by atoms with van der Waals surface area (Å²) in [5.74, 6) is 0.956. The minimum atomic E-state index is -0.140. The average Bonchev–Trinajstić information content (AvgIpc) is 2.74. The molecule has 0 bridgehead atoms. The average molecular weight is 494 g/mol. The summed E-state index contributed by atoms with van der Waals surface area (Å²) in [4.78, 5) is 0. The first-order valence-electron chi connectivity index (χ1n) is 14.3. The van der Waals surface area contributed by atoms with E-state index in [4.69, 9.17) is 0 Å². The van der Waals surface area contributed by atoms with Gasteiger partial charge in [-0.2, -0.15) is 0 Å². The Kier molecular flexibility index (Phi) is 10.9. The fraction of sp³-hybridized carbons (Fsp3) is 0.618. The second-order valence-electron chi connectivity index (χ2n) is 12.9. The van der Waals surface area contributed by atoms with Gasteiger partial charge in [0.25, 0.3) is 0 Å².